The largest absolute Gasteiger partial charge is 0.325 e. The quantitative estimate of drug-likeness (QED) is 0.659. The van der Waals surface area contributed by atoms with Gasteiger partial charge < -0.3 is 5.73 Å². The fourth-order valence-electron chi connectivity index (χ4n) is 1.50. The van der Waals surface area contributed by atoms with Crippen LogP contribution in [0, 0.1) is 0 Å². The van der Waals surface area contributed by atoms with Gasteiger partial charge in [-0.15, -0.1) is 0 Å². The van der Waals surface area contributed by atoms with Crippen LogP contribution in [-0.2, 0) is 0 Å². The smallest absolute Gasteiger partial charge is 0.0222 e. The van der Waals surface area contributed by atoms with Gasteiger partial charge in [-0.2, -0.15) is 11.8 Å². The van der Waals surface area contributed by atoms with Crippen molar-refractivity contribution in [3.63, 3.8) is 0 Å². The lowest BCUT2D eigenvalue weighted by Crippen LogP contribution is -2.43. The summed E-state index contributed by atoms with van der Waals surface area (Å²) in [5.74, 6) is 1.31. The first-order chi connectivity index (χ1) is 5.11. The van der Waals surface area contributed by atoms with Gasteiger partial charge in [0.15, 0.2) is 0 Å². The second-order valence-corrected chi connectivity index (χ2v) is 5.34. The summed E-state index contributed by atoms with van der Waals surface area (Å²) in [6.45, 7) is 4.30. The molecule has 11 heavy (non-hydrogen) atoms. The molecule has 0 aliphatic carbocycles. The summed E-state index contributed by atoms with van der Waals surface area (Å²) < 4.78 is 0. The van der Waals surface area contributed by atoms with Crippen LogP contribution in [0.1, 0.15) is 39.5 Å². The number of thioether (sulfide) groups is 1. The van der Waals surface area contributed by atoms with E-state index in [-0.39, 0.29) is 5.54 Å². The van der Waals surface area contributed by atoms with Crippen molar-refractivity contribution in [2.24, 2.45) is 5.73 Å². The van der Waals surface area contributed by atoms with Crippen LogP contribution in [0.4, 0.5) is 0 Å². The molecule has 1 aliphatic heterocycles. The normalized spacial score (nSPS) is 28.1. The van der Waals surface area contributed by atoms with Crippen molar-refractivity contribution < 1.29 is 0 Å². The van der Waals surface area contributed by atoms with Crippen molar-refractivity contribution in [2.75, 3.05) is 5.75 Å². The monoisotopic (exact) mass is 173 g/mol. The van der Waals surface area contributed by atoms with Gasteiger partial charge in [0.2, 0.25) is 0 Å². The van der Waals surface area contributed by atoms with E-state index in [0.29, 0.717) is 5.25 Å². The van der Waals surface area contributed by atoms with Gasteiger partial charge in [-0.1, -0.05) is 12.8 Å². The lowest BCUT2D eigenvalue weighted by atomic mass is 9.97. The number of rotatable bonds is 1. The Labute approximate surface area is 74.1 Å². The van der Waals surface area contributed by atoms with E-state index in [9.17, 15) is 0 Å². The molecule has 0 bridgehead atoms. The Hall–Kier alpha value is 0.310. The van der Waals surface area contributed by atoms with E-state index in [0.717, 1.165) is 0 Å². The first kappa shape index (κ1) is 9.40. The van der Waals surface area contributed by atoms with E-state index in [2.05, 4.69) is 25.6 Å². The van der Waals surface area contributed by atoms with Gasteiger partial charge in [-0.25, -0.2) is 0 Å². The van der Waals surface area contributed by atoms with Crippen LogP contribution in [0.25, 0.3) is 0 Å². The lowest BCUT2D eigenvalue weighted by molar-refractivity contribution is 0.465. The van der Waals surface area contributed by atoms with Crippen LogP contribution in [-0.4, -0.2) is 16.5 Å². The number of nitrogens with two attached hydrogens (primary N) is 1. The third-order valence-corrected chi connectivity index (χ3v) is 4.03. The number of hydrogen-bond acceptors (Lipinski definition) is 2. The summed E-state index contributed by atoms with van der Waals surface area (Å²) in [7, 11) is 0. The van der Waals surface area contributed by atoms with Gasteiger partial charge >= 0.3 is 0 Å². The van der Waals surface area contributed by atoms with Crippen LogP contribution in [0.3, 0.4) is 0 Å². The van der Waals surface area contributed by atoms with Crippen molar-refractivity contribution in [3.05, 3.63) is 0 Å². The van der Waals surface area contributed by atoms with E-state index in [1.165, 1.54) is 31.4 Å². The molecular weight excluding hydrogens is 154 g/mol. The Morgan fingerprint density at radius 1 is 1.27 bits per heavy atom. The van der Waals surface area contributed by atoms with Crippen LogP contribution >= 0.6 is 11.8 Å². The van der Waals surface area contributed by atoms with Gasteiger partial charge in [-0.3, -0.25) is 0 Å². The van der Waals surface area contributed by atoms with Crippen molar-refractivity contribution in [3.8, 4) is 0 Å². The minimum atomic E-state index is 0.0228. The molecule has 0 saturated carbocycles. The molecular formula is C9H19NS. The number of hydrogen-bond donors (Lipinski definition) is 1. The molecule has 66 valence electrons. The van der Waals surface area contributed by atoms with Crippen molar-refractivity contribution in [2.45, 2.75) is 50.3 Å². The molecule has 0 aromatic heterocycles. The predicted octanol–water partition coefficient (Wildman–Crippen LogP) is 2.40. The summed E-state index contributed by atoms with van der Waals surface area (Å²) >= 11 is 2.07. The van der Waals surface area contributed by atoms with Crippen LogP contribution in [0.5, 0.6) is 0 Å². The first-order valence-corrected chi connectivity index (χ1v) is 5.56. The SMILES string of the molecule is CC(C)(N)C1CCCCCS1. The second kappa shape index (κ2) is 3.81. The maximum Gasteiger partial charge on any atom is 0.0222 e. The summed E-state index contributed by atoms with van der Waals surface area (Å²) in [4.78, 5) is 0. The average Bonchev–Trinajstić information content (AvgIpc) is 2.10. The van der Waals surface area contributed by atoms with Gasteiger partial charge in [-0.05, 0) is 32.4 Å². The molecule has 1 fully saturated rings. The molecule has 1 heterocycles. The molecule has 0 spiro atoms. The Bertz CT molecular complexity index is 109. The zero-order valence-electron chi connectivity index (χ0n) is 7.60. The Morgan fingerprint density at radius 3 is 2.64 bits per heavy atom. The van der Waals surface area contributed by atoms with E-state index in [1.54, 1.807) is 0 Å². The van der Waals surface area contributed by atoms with Gasteiger partial charge in [0.05, 0.1) is 0 Å². The zero-order valence-corrected chi connectivity index (χ0v) is 8.41. The third-order valence-electron chi connectivity index (χ3n) is 2.26. The highest BCUT2D eigenvalue weighted by atomic mass is 32.2. The fourth-order valence-corrected chi connectivity index (χ4v) is 2.92. The molecule has 2 heteroatoms. The van der Waals surface area contributed by atoms with E-state index in [4.69, 9.17) is 5.73 Å². The molecule has 1 rings (SSSR count). The third kappa shape index (κ3) is 3.04. The van der Waals surface area contributed by atoms with Crippen molar-refractivity contribution in [1.82, 2.24) is 0 Å². The maximum absolute atomic E-state index is 6.06. The molecule has 0 aromatic carbocycles. The molecule has 0 radical (unpaired) electrons. The second-order valence-electron chi connectivity index (χ2n) is 4.03. The van der Waals surface area contributed by atoms with Crippen LogP contribution < -0.4 is 5.73 Å². The standard InChI is InChI=1S/C9H19NS/c1-9(2,10)8-6-4-3-5-7-11-8/h8H,3-7,10H2,1-2H3. The Kier molecular flexibility index (Phi) is 3.26. The van der Waals surface area contributed by atoms with Gasteiger partial charge in [0.1, 0.15) is 0 Å². The van der Waals surface area contributed by atoms with Gasteiger partial charge in [0, 0.05) is 10.8 Å². The zero-order chi connectivity index (χ0) is 8.32. The maximum atomic E-state index is 6.06. The highest BCUT2D eigenvalue weighted by Gasteiger charge is 2.25. The summed E-state index contributed by atoms with van der Waals surface area (Å²) in [6, 6.07) is 0. The molecule has 1 saturated heterocycles. The fraction of sp³-hybridized carbons (Fsp3) is 1.00. The Balaban J connectivity index is 2.43. The van der Waals surface area contributed by atoms with Crippen molar-refractivity contribution in [1.29, 1.82) is 0 Å². The minimum Gasteiger partial charge on any atom is -0.325 e. The molecule has 1 aliphatic rings. The van der Waals surface area contributed by atoms with E-state index >= 15 is 0 Å². The highest BCUT2D eigenvalue weighted by molar-refractivity contribution is 8.00. The summed E-state index contributed by atoms with van der Waals surface area (Å²) in [6.07, 6.45) is 5.48. The van der Waals surface area contributed by atoms with Crippen LogP contribution in [0.2, 0.25) is 0 Å². The molecule has 2 N–H and O–H groups in total. The Morgan fingerprint density at radius 2 is 2.00 bits per heavy atom. The molecule has 1 nitrogen and oxygen atoms in total. The molecule has 1 atom stereocenters. The highest BCUT2D eigenvalue weighted by Crippen LogP contribution is 2.30. The van der Waals surface area contributed by atoms with E-state index in [1.807, 2.05) is 0 Å². The van der Waals surface area contributed by atoms with E-state index < -0.39 is 0 Å². The summed E-state index contributed by atoms with van der Waals surface area (Å²) in [5, 5.41) is 0.685. The predicted molar refractivity (Wildman–Crippen MR) is 53.0 cm³/mol. The topological polar surface area (TPSA) is 26.0 Å². The summed E-state index contributed by atoms with van der Waals surface area (Å²) in [5.41, 5.74) is 6.08. The average molecular weight is 173 g/mol. The van der Waals surface area contributed by atoms with Crippen molar-refractivity contribution >= 4 is 11.8 Å². The first-order valence-electron chi connectivity index (χ1n) is 4.51. The molecule has 1 unspecified atom stereocenters. The minimum absolute atomic E-state index is 0.0228. The van der Waals surface area contributed by atoms with Gasteiger partial charge in [0.25, 0.3) is 0 Å². The van der Waals surface area contributed by atoms with Crippen LogP contribution in [0.15, 0.2) is 0 Å². The molecule has 0 amide bonds. The molecule has 0 aromatic rings. The lowest BCUT2D eigenvalue weighted by Gasteiger charge is -2.28.